The molecule has 2 N–H and O–H groups in total. The summed E-state index contributed by atoms with van der Waals surface area (Å²) in [4.78, 5) is 31.1. The molecule has 2 amide bonds. The Labute approximate surface area is 299 Å². The van der Waals surface area contributed by atoms with Gasteiger partial charge in [0.15, 0.2) is 0 Å². The highest BCUT2D eigenvalue weighted by atomic mass is 31.1. The summed E-state index contributed by atoms with van der Waals surface area (Å²) < 4.78 is 48.6. The number of alkyl halides is 3. The zero-order valence-corrected chi connectivity index (χ0v) is 30.6. The van der Waals surface area contributed by atoms with Crippen LogP contribution in [0.15, 0.2) is 48.5 Å². The molecule has 51 heavy (non-hydrogen) atoms. The third-order valence-electron chi connectivity index (χ3n) is 10.3. The molecule has 3 aliphatic heterocycles. The second kappa shape index (κ2) is 15.9. The molecule has 0 radical (unpaired) electrons. The summed E-state index contributed by atoms with van der Waals surface area (Å²) in [6, 6.07) is 15.5. The van der Waals surface area contributed by atoms with Crippen molar-refractivity contribution < 1.29 is 27.5 Å². The maximum atomic E-state index is 13.7. The molecule has 1 aromatic heterocycles. The van der Waals surface area contributed by atoms with Gasteiger partial charge in [-0.1, -0.05) is 32.0 Å². The van der Waals surface area contributed by atoms with E-state index in [0.29, 0.717) is 62.5 Å². The number of amides is 2. The second-order valence-electron chi connectivity index (χ2n) is 14.1. The molecular formula is C38H48F3N6O3P. The van der Waals surface area contributed by atoms with Gasteiger partial charge in [0, 0.05) is 69.0 Å². The van der Waals surface area contributed by atoms with Crippen LogP contribution >= 0.6 is 7.92 Å². The van der Waals surface area contributed by atoms with Crippen LogP contribution in [0.4, 0.5) is 24.5 Å². The molecule has 4 heterocycles. The van der Waals surface area contributed by atoms with E-state index < -0.39 is 12.7 Å². The van der Waals surface area contributed by atoms with E-state index in [1.165, 1.54) is 9.87 Å². The van der Waals surface area contributed by atoms with Gasteiger partial charge in [-0.15, -0.1) is 0 Å². The van der Waals surface area contributed by atoms with Crippen LogP contribution in [-0.2, 0) is 20.9 Å². The van der Waals surface area contributed by atoms with Crippen molar-refractivity contribution in [3.8, 4) is 11.8 Å². The van der Waals surface area contributed by atoms with Crippen LogP contribution in [0, 0.1) is 11.8 Å². The van der Waals surface area contributed by atoms with E-state index in [2.05, 4.69) is 52.8 Å². The van der Waals surface area contributed by atoms with Crippen LogP contribution in [0.2, 0.25) is 0 Å². The Morgan fingerprint density at radius 2 is 1.73 bits per heavy atom. The van der Waals surface area contributed by atoms with Crippen molar-refractivity contribution in [3.63, 3.8) is 0 Å². The number of piperidine rings is 2. The van der Waals surface area contributed by atoms with Crippen LogP contribution < -0.4 is 15.9 Å². The number of anilines is 2. The molecule has 0 bridgehead atoms. The number of benzene rings is 2. The molecule has 274 valence electrons. The van der Waals surface area contributed by atoms with E-state index in [4.69, 9.17) is 4.74 Å². The Morgan fingerprint density at radius 3 is 2.39 bits per heavy atom. The van der Waals surface area contributed by atoms with E-state index in [1.807, 2.05) is 28.0 Å². The largest absolute Gasteiger partial charge is 0.406 e. The monoisotopic (exact) mass is 724 g/mol. The number of nitrogens with zero attached hydrogens (tertiary/aromatic N) is 4. The summed E-state index contributed by atoms with van der Waals surface area (Å²) in [6.45, 7) is 9.93. The van der Waals surface area contributed by atoms with Gasteiger partial charge >= 0.3 is 6.18 Å². The highest BCUT2D eigenvalue weighted by Gasteiger charge is 2.41. The Kier molecular flexibility index (Phi) is 11.5. The summed E-state index contributed by atoms with van der Waals surface area (Å²) in [7, 11) is -0.185. The van der Waals surface area contributed by atoms with Crippen molar-refractivity contribution in [2.75, 3.05) is 82.9 Å². The summed E-state index contributed by atoms with van der Waals surface area (Å²) >= 11 is 0. The lowest BCUT2D eigenvalue weighted by atomic mass is 9.89. The number of rotatable bonds is 8. The SMILES string of the molecule is CC(=O)N1CCC2(CC1)CN(C(=O)CN1CCC(Nc3cccc4c3cc(C#CCNc3ccc(P(C)C)cc3)n4CC(F)(F)F)CC1)CCO2. The number of carbonyl (C=O) groups excluding carboxylic acids is 2. The third-order valence-corrected chi connectivity index (χ3v) is 11.6. The number of fused-ring (bicyclic) bond motifs is 1. The number of hydrogen-bond acceptors (Lipinski definition) is 6. The van der Waals surface area contributed by atoms with Gasteiger partial charge < -0.3 is 29.7 Å². The van der Waals surface area contributed by atoms with Crippen molar-refractivity contribution in [2.24, 2.45) is 0 Å². The first-order valence-electron chi connectivity index (χ1n) is 17.7. The lowest BCUT2D eigenvalue weighted by molar-refractivity contribution is -0.163. The van der Waals surface area contributed by atoms with Crippen molar-refractivity contribution in [1.82, 2.24) is 19.3 Å². The maximum absolute atomic E-state index is 13.7. The molecule has 0 aliphatic carbocycles. The molecule has 3 aliphatic rings. The lowest BCUT2D eigenvalue weighted by Gasteiger charge is -2.47. The summed E-state index contributed by atoms with van der Waals surface area (Å²) in [5.41, 5.74) is 2.13. The van der Waals surface area contributed by atoms with E-state index in [0.717, 1.165) is 50.1 Å². The first-order valence-corrected chi connectivity index (χ1v) is 20.0. The highest BCUT2D eigenvalue weighted by molar-refractivity contribution is 7.64. The number of morpholine rings is 1. The van der Waals surface area contributed by atoms with Crippen molar-refractivity contribution in [3.05, 3.63) is 54.2 Å². The maximum Gasteiger partial charge on any atom is 0.406 e. The number of halogens is 3. The van der Waals surface area contributed by atoms with Crippen LogP contribution in [-0.4, -0.2) is 121 Å². The first kappa shape index (κ1) is 37.0. The Morgan fingerprint density at radius 1 is 1.00 bits per heavy atom. The minimum absolute atomic E-state index is 0.0745. The predicted molar refractivity (Wildman–Crippen MR) is 198 cm³/mol. The fraction of sp³-hybridized carbons (Fsp3) is 0.526. The molecule has 0 saturated carbocycles. The fourth-order valence-electron chi connectivity index (χ4n) is 7.36. The first-order chi connectivity index (χ1) is 24.4. The Bertz CT molecular complexity index is 1750. The third kappa shape index (κ3) is 9.37. The molecule has 9 nitrogen and oxygen atoms in total. The number of carbonyl (C=O) groups is 2. The normalized spacial score (nSPS) is 18.6. The van der Waals surface area contributed by atoms with Gasteiger partial charge in [0.25, 0.3) is 0 Å². The minimum Gasteiger partial charge on any atom is -0.382 e. The lowest BCUT2D eigenvalue weighted by Crippen LogP contribution is -2.59. The smallest absolute Gasteiger partial charge is 0.382 e. The zero-order chi connectivity index (χ0) is 36.2. The van der Waals surface area contributed by atoms with Gasteiger partial charge in [-0.25, -0.2) is 0 Å². The average Bonchev–Trinajstić information content (AvgIpc) is 3.44. The molecule has 3 aromatic rings. The standard InChI is InChI=1S/C38H48F3N6O3P/c1-28(48)45-20-15-37(16-21-45)26-46(22-23-50-37)36(49)25-44-18-13-30(14-19-44)43-34-7-4-8-35-33(34)24-31(47(35)27-38(39,40)41)6-5-17-42-29-9-11-32(12-10-29)51(2)3/h4,7-12,24,30,42-43H,13-23,25-27H2,1-3H3. The van der Waals surface area contributed by atoms with Gasteiger partial charge in [-0.3, -0.25) is 14.5 Å². The van der Waals surface area contributed by atoms with Crippen LogP contribution in [0.3, 0.4) is 0 Å². The van der Waals surface area contributed by atoms with Crippen LogP contribution in [0.25, 0.3) is 10.9 Å². The van der Waals surface area contributed by atoms with Crippen molar-refractivity contribution in [2.45, 2.75) is 57.0 Å². The van der Waals surface area contributed by atoms with E-state index in [1.54, 1.807) is 25.1 Å². The van der Waals surface area contributed by atoms with E-state index in [9.17, 15) is 22.8 Å². The van der Waals surface area contributed by atoms with Gasteiger partial charge in [-0.2, -0.15) is 13.2 Å². The number of hydrogen-bond donors (Lipinski definition) is 2. The zero-order valence-electron chi connectivity index (χ0n) is 29.7. The number of aromatic nitrogens is 1. The van der Waals surface area contributed by atoms with Crippen LogP contribution in [0.5, 0.6) is 0 Å². The number of ether oxygens (including phenoxy) is 1. The van der Waals surface area contributed by atoms with Crippen molar-refractivity contribution >= 4 is 47.3 Å². The summed E-state index contributed by atoms with van der Waals surface area (Å²) in [5.74, 6) is 6.19. The Balaban J connectivity index is 1.06. The quantitative estimate of drug-likeness (QED) is 0.247. The average molecular weight is 725 g/mol. The van der Waals surface area contributed by atoms with Gasteiger partial charge in [-0.05, 0) is 80.6 Å². The molecule has 13 heteroatoms. The molecule has 6 rings (SSSR count). The molecule has 3 fully saturated rings. The predicted octanol–water partition coefficient (Wildman–Crippen LogP) is 5.15. The van der Waals surface area contributed by atoms with E-state index in [-0.39, 0.29) is 31.4 Å². The number of likely N-dealkylation sites (tertiary alicyclic amines) is 2. The second-order valence-corrected chi connectivity index (χ2v) is 16.4. The fourth-order valence-corrected chi connectivity index (χ4v) is 8.10. The van der Waals surface area contributed by atoms with Crippen LogP contribution in [0.1, 0.15) is 38.3 Å². The minimum atomic E-state index is -4.40. The van der Waals surface area contributed by atoms with Gasteiger partial charge in [0.2, 0.25) is 11.8 Å². The molecule has 2 aromatic carbocycles. The van der Waals surface area contributed by atoms with Gasteiger partial charge in [0.1, 0.15) is 6.54 Å². The Hall–Kier alpha value is -3.78. The molecule has 3 saturated heterocycles. The molecule has 0 unspecified atom stereocenters. The van der Waals surface area contributed by atoms with Gasteiger partial charge in [0.05, 0.1) is 36.5 Å². The highest BCUT2D eigenvalue weighted by Crippen LogP contribution is 2.33. The summed E-state index contributed by atoms with van der Waals surface area (Å²) in [6.07, 6.45) is -1.32. The molecule has 1 spiro atoms. The van der Waals surface area contributed by atoms with Crippen molar-refractivity contribution in [1.29, 1.82) is 0 Å². The topological polar surface area (TPSA) is 82.1 Å². The molecule has 0 atom stereocenters. The number of nitrogens with one attached hydrogen (secondary N) is 2. The van der Waals surface area contributed by atoms with E-state index >= 15 is 0 Å². The summed E-state index contributed by atoms with van der Waals surface area (Å²) in [5, 5.41) is 8.84. The molecular weight excluding hydrogens is 676 g/mol.